The van der Waals surface area contributed by atoms with Crippen molar-refractivity contribution in [1.29, 1.82) is 0 Å². The van der Waals surface area contributed by atoms with Gasteiger partial charge in [-0.2, -0.15) is 0 Å². The molecule has 0 spiro atoms. The number of nitrogens with one attached hydrogen (secondary N) is 2. The maximum atomic E-state index is 12.4. The number of hydrogen-bond acceptors (Lipinski definition) is 5. The lowest BCUT2D eigenvalue weighted by molar-refractivity contribution is -0.904. The average molecular weight is 367 g/mol. The Morgan fingerprint density at radius 3 is 2.60 bits per heavy atom. The molecule has 5 N–H and O–H groups in total. The molecule has 0 atom stereocenters. The van der Waals surface area contributed by atoms with E-state index in [0.29, 0.717) is 43.3 Å². The summed E-state index contributed by atoms with van der Waals surface area (Å²) < 4.78 is 0. The van der Waals surface area contributed by atoms with Gasteiger partial charge in [0.25, 0.3) is 5.91 Å². The van der Waals surface area contributed by atoms with Gasteiger partial charge in [-0.1, -0.05) is 0 Å². The zero-order valence-corrected chi connectivity index (χ0v) is 14.8. The van der Waals surface area contributed by atoms with Gasteiger partial charge in [0.05, 0.1) is 38.3 Å². The van der Waals surface area contributed by atoms with E-state index in [2.05, 4.69) is 5.32 Å². The van der Waals surface area contributed by atoms with Gasteiger partial charge in [-0.25, -0.2) is 0 Å². The molecular formula is C16H23N4O4S+. The van der Waals surface area contributed by atoms with Crippen LogP contribution >= 0.6 is 11.3 Å². The lowest BCUT2D eigenvalue weighted by atomic mass is 10.1. The molecule has 0 unspecified atom stereocenters. The van der Waals surface area contributed by atoms with Gasteiger partial charge in [-0.15, -0.1) is 11.3 Å². The summed E-state index contributed by atoms with van der Waals surface area (Å²) in [6.07, 6.45) is 2.64. The lowest BCUT2D eigenvalue weighted by Crippen LogP contribution is -3.15. The van der Waals surface area contributed by atoms with E-state index >= 15 is 0 Å². The van der Waals surface area contributed by atoms with Crippen molar-refractivity contribution in [2.24, 2.45) is 5.73 Å². The first-order valence-corrected chi connectivity index (χ1v) is 9.32. The van der Waals surface area contributed by atoms with E-state index in [4.69, 9.17) is 10.8 Å². The molecule has 8 nitrogen and oxygen atoms in total. The van der Waals surface area contributed by atoms with Crippen molar-refractivity contribution >= 4 is 34.1 Å². The fraction of sp³-hybridized carbons (Fsp3) is 0.562. The van der Waals surface area contributed by atoms with Gasteiger partial charge in [0.15, 0.2) is 0 Å². The molecule has 136 valence electrons. The Kier molecular flexibility index (Phi) is 5.36. The molecule has 2 aliphatic rings. The van der Waals surface area contributed by atoms with Gasteiger partial charge in [-0.05, 0) is 24.8 Å². The number of carbonyl (C=O) groups is 3. The minimum Gasteiger partial charge on any atom is -0.391 e. The quantitative estimate of drug-likeness (QED) is 0.460. The molecule has 2 heterocycles. The minimum absolute atomic E-state index is 0.114. The molecule has 0 saturated carbocycles. The molecule has 1 aliphatic carbocycles. The number of primary amides is 1. The maximum Gasteiger partial charge on any atom is 0.314 e. The zero-order chi connectivity index (χ0) is 18.0. The molecule has 1 aromatic heterocycles. The molecule has 1 fully saturated rings. The van der Waals surface area contributed by atoms with Crippen molar-refractivity contribution in [3.63, 3.8) is 0 Å². The van der Waals surface area contributed by atoms with Crippen LogP contribution in [0.3, 0.4) is 0 Å². The van der Waals surface area contributed by atoms with E-state index in [-0.39, 0.29) is 6.61 Å². The van der Waals surface area contributed by atoms with Gasteiger partial charge in [-0.3, -0.25) is 14.4 Å². The van der Waals surface area contributed by atoms with Crippen molar-refractivity contribution < 1.29 is 24.4 Å². The number of aryl methyl sites for hydroxylation is 1. The summed E-state index contributed by atoms with van der Waals surface area (Å²) in [5.74, 6) is -1.89. The van der Waals surface area contributed by atoms with E-state index in [1.54, 1.807) is 0 Å². The van der Waals surface area contributed by atoms with Gasteiger partial charge < -0.3 is 26.0 Å². The number of fused-ring (bicyclic) bond motifs is 1. The second kappa shape index (κ2) is 7.51. The Labute approximate surface area is 149 Å². The number of hydrogen-bond donors (Lipinski definition) is 4. The maximum absolute atomic E-state index is 12.4. The van der Waals surface area contributed by atoms with Crippen LogP contribution in [0, 0.1) is 0 Å². The number of quaternary nitrogens is 1. The predicted molar refractivity (Wildman–Crippen MR) is 92.7 cm³/mol. The first-order valence-electron chi connectivity index (χ1n) is 8.50. The zero-order valence-electron chi connectivity index (χ0n) is 14.0. The van der Waals surface area contributed by atoms with Crippen LogP contribution in [0.5, 0.6) is 0 Å². The Hall–Kier alpha value is -1.97. The number of piperazine rings is 1. The van der Waals surface area contributed by atoms with E-state index in [9.17, 15) is 14.4 Å². The number of aliphatic hydroxyl groups is 1. The van der Waals surface area contributed by atoms with E-state index in [1.807, 2.05) is 0 Å². The molecule has 1 aliphatic heterocycles. The Balaban J connectivity index is 1.65. The number of carbonyl (C=O) groups excluding carboxylic acids is 3. The molecule has 0 aromatic carbocycles. The topological polar surface area (TPSA) is 117 Å². The summed E-state index contributed by atoms with van der Waals surface area (Å²) in [4.78, 5) is 40.2. The molecule has 25 heavy (non-hydrogen) atoms. The summed E-state index contributed by atoms with van der Waals surface area (Å²) in [7, 11) is 0. The number of nitrogens with two attached hydrogens (primary N) is 1. The number of aliphatic hydroxyl groups excluding tert-OH is 1. The normalized spacial score (nSPS) is 17.4. The van der Waals surface area contributed by atoms with Crippen LogP contribution in [0.4, 0.5) is 5.00 Å². The third-order valence-electron chi connectivity index (χ3n) is 4.81. The molecule has 0 bridgehead atoms. The third-order valence-corrected chi connectivity index (χ3v) is 6.02. The molecule has 9 heteroatoms. The molecule has 0 radical (unpaired) electrons. The Morgan fingerprint density at radius 1 is 1.24 bits per heavy atom. The second-order valence-corrected chi connectivity index (χ2v) is 7.50. The van der Waals surface area contributed by atoms with Crippen LogP contribution in [0.1, 0.15) is 27.2 Å². The largest absolute Gasteiger partial charge is 0.391 e. The molecule has 3 amide bonds. The van der Waals surface area contributed by atoms with Crippen LogP contribution < -0.4 is 16.0 Å². The highest BCUT2D eigenvalue weighted by Crippen LogP contribution is 2.38. The Morgan fingerprint density at radius 2 is 1.96 bits per heavy atom. The van der Waals surface area contributed by atoms with Crippen LogP contribution in [-0.2, 0) is 22.4 Å². The standard InChI is InChI=1S/C16H22N4O4S/c17-13(22)12-10-2-1-3-11(10)25-15(12)18-14(23)16(24)20-6-4-19(5-7-20)8-9-21/h21H,1-9H2,(H2,17,22)(H,18,23)/p+1. The van der Waals surface area contributed by atoms with Crippen LogP contribution in [0.2, 0.25) is 0 Å². The van der Waals surface area contributed by atoms with Gasteiger partial charge >= 0.3 is 11.8 Å². The summed E-state index contributed by atoms with van der Waals surface area (Å²) in [5, 5.41) is 11.9. The van der Waals surface area contributed by atoms with E-state index in [1.165, 1.54) is 21.1 Å². The first-order chi connectivity index (χ1) is 12.0. The van der Waals surface area contributed by atoms with Crippen LogP contribution in [0.15, 0.2) is 0 Å². The summed E-state index contributed by atoms with van der Waals surface area (Å²) in [6, 6.07) is 0. The highest BCUT2D eigenvalue weighted by molar-refractivity contribution is 7.17. The molecule has 3 rings (SSSR count). The Bertz CT molecular complexity index is 695. The van der Waals surface area contributed by atoms with Crippen molar-refractivity contribution in [3.05, 3.63) is 16.0 Å². The van der Waals surface area contributed by atoms with Crippen LogP contribution in [0.25, 0.3) is 0 Å². The SMILES string of the molecule is NC(=O)c1c(NC(=O)C(=O)N2CC[NH+](CCO)CC2)sc2c1CCC2. The lowest BCUT2D eigenvalue weighted by Gasteiger charge is -2.31. The van der Waals surface area contributed by atoms with Crippen molar-refractivity contribution in [1.82, 2.24) is 4.90 Å². The van der Waals surface area contributed by atoms with Crippen LogP contribution in [-0.4, -0.2) is 67.1 Å². The third kappa shape index (κ3) is 3.68. The summed E-state index contributed by atoms with van der Waals surface area (Å²) in [6.45, 7) is 3.13. The first kappa shape index (κ1) is 17.8. The second-order valence-electron chi connectivity index (χ2n) is 6.40. The predicted octanol–water partition coefficient (Wildman–Crippen LogP) is -2.01. The number of anilines is 1. The van der Waals surface area contributed by atoms with Crippen molar-refractivity contribution in [2.75, 3.05) is 44.6 Å². The summed E-state index contributed by atoms with van der Waals surface area (Å²) in [5.41, 5.74) is 6.74. The highest BCUT2D eigenvalue weighted by atomic mass is 32.1. The number of rotatable bonds is 4. The van der Waals surface area contributed by atoms with Crippen molar-refractivity contribution in [2.45, 2.75) is 19.3 Å². The highest BCUT2D eigenvalue weighted by Gasteiger charge is 2.31. The number of amides is 3. The number of thiophene rings is 1. The minimum atomic E-state index is -0.729. The van der Waals surface area contributed by atoms with Gasteiger partial charge in [0, 0.05) is 4.88 Å². The summed E-state index contributed by atoms with van der Waals surface area (Å²) >= 11 is 1.34. The number of nitrogens with zero attached hydrogens (tertiary/aromatic N) is 1. The van der Waals surface area contributed by atoms with Gasteiger partial charge in [0.2, 0.25) is 0 Å². The fourth-order valence-electron chi connectivity index (χ4n) is 3.49. The fourth-order valence-corrected chi connectivity index (χ4v) is 4.78. The van der Waals surface area contributed by atoms with E-state index < -0.39 is 17.7 Å². The van der Waals surface area contributed by atoms with Gasteiger partial charge in [0.1, 0.15) is 11.5 Å². The molecule has 1 aromatic rings. The molecule has 1 saturated heterocycles. The van der Waals surface area contributed by atoms with E-state index in [0.717, 1.165) is 29.7 Å². The monoisotopic (exact) mass is 367 g/mol. The average Bonchev–Trinajstić information content (AvgIpc) is 3.15. The van der Waals surface area contributed by atoms with Crippen molar-refractivity contribution in [3.8, 4) is 0 Å². The molecular weight excluding hydrogens is 344 g/mol. The smallest absolute Gasteiger partial charge is 0.314 e.